The zero-order valence-corrected chi connectivity index (χ0v) is 21.1. The number of carbonyl (C=O) groups is 1. The van der Waals surface area contributed by atoms with Gasteiger partial charge in [0.15, 0.2) is 22.8 Å². The van der Waals surface area contributed by atoms with E-state index in [1.54, 1.807) is 18.2 Å². The van der Waals surface area contributed by atoms with Crippen LogP contribution in [0.2, 0.25) is 0 Å². The average molecular weight is 519 g/mol. The number of rotatable bonds is 6. The van der Waals surface area contributed by atoms with Gasteiger partial charge in [-0.05, 0) is 36.8 Å². The van der Waals surface area contributed by atoms with Crippen molar-refractivity contribution in [3.05, 3.63) is 53.0 Å². The SMILES string of the molecule is Cc1ncc(CN2CCN(CCC#N)CC2)c2cc(C(=O)c3ccc4c(c3)OCCO4)oc12.Cl.Cl. The molecule has 0 aliphatic carbocycles. The average Bonchev–Trinajstić information content (AvgIpc) is 3.31. The van der Waals surface area contributed by atoms with Crippen LogP contribution in [0, 0.1) is 18.3 Å². The maximum Gasteiger partial charge on any atom is 0.228 e. The highest BCUT2D eigenvalue weighted by Gasteiger charge is 2.22. The van der Waals surface area contributed by atoms with Crippen molar-refractivity contribution in [3.8, 4) is 17.6 Å². The van der Waals surface area contributed by atoms with Crippen LogP contribution in [0.3, 0.4) is 0 Å². The minimum Gasteiger partial charge on any atom is -0.486 e. The molecule has 0 radical (unpaired) electrons. The first-order valence-electron chi connectivity index (χ1n) is 11.3. The molecule has 0 bridgehead atoms. The topological polar surface area (TPSA) is 91.8 Å². The fraction of sp³-hybridized carbons (Fsp3) is 0.400. The molecule has 186 valence electrons. The van der Waals surface area contributed by atoms with E-state index in [1.165, 1.54) is 0 Å². The van der Waals surface area contributed by atoms with Gasteiger partial charge in [0.25, 0.3) is 0 Å². The van der Waals surface area contributed by atoms with E-state index in [1.807, 2.05) is 19.2 Å². The highest BCUT2D eigenvalue weighted by Crippen LogP contribution is 2.33. The van der Waals surface area contributed by atoms with Gasteiger partial charge in [0.05, 0.1) is 11.8 Å². The molecule has 1 saturated heterocycles. The molecule has 2 aromatic heterocycles. The predicted molar refractivity (Wildman–Crippen MR) is 136 cm³/mol. The zero-order valence-electron chi connectivity index (χ0n) is 19.5. The van der Waals surface area contributed by atoms with Gasteiger partial charge in [-0.2, -0.15) is 5.26 Å². The third-order valence-corrected chi connectivity index (χ3v) is 6.25. The number of nitrogens with zero attached hydrogens (tertiary/aromatic N) is 4. The number of aryl methyl sites for hydroxylation is 1. The lowest BCUT2D eigenvalue weighted by Crippen LogP contribution is -2.46. The molecule has 4 heterocycles. The number of fused-ring (bicyclic) bond motifs is 2. The Balaban J connectivity index is 0.00000171. The Bertz CT molecular complexity index is 1230. The molecule has 5 rings (SSSR count). The lowest BCUT2D eigenvalue weighted by atomic mass is 10.1. The van der Waals surface area contributed by atoms with Crippen molar-refractivity contribution < 1.29 is 18.7 Å². The number of piperazine rings is 1. The highest BCUT2D eigenvalue weighted by atomic mass is 35.5. The van der Waals surface area contributed by atoms with Crippen LogP contribution in [0.1, 0.15) is 33.8 Å². The van der Waals surface area contributed by atoms with E-state index in [0.29, 0.717) is 48.0 Å². The third-order valence-electron chi connectivity index (χ3n) is 6.25. The number of carbonyl (C=O) groups excluding carboxylic acids is 1. The van der Waals surface area contributed by atoms with Crippen LogP contribution in [0.25, 0.3) is 11.0 Å². The normalized spacial score (nSPS) is 15.7. The predicted octanol–water partition coefficient (Wildman–Crippen LogP) is 4.01. The van der Waals surface area contributed by atoms with Crippen molar-refractivity contribution in [2.45, 2.75) is 19.9 Å². The Morgan fingerprint density at radius 3 is 2.51 bits per heavy atom. The number of aromatic nitrogens is 1. The second kappa shape index (κ2) is 11.7. The molecule has 0 amide bonds. The van der Waals surface area contributed by atoms with Crippen LogP contribution >= 0.6 is 24.8 Å². The molecule has 10 heteroatoms. The molecular formula is C25H28Cl2N4O4. The molecule has 35 heavy (non-hydrogen) atoms. The molecule has 0 saturated carbocycles. The van der Waals surface area contributed by atoms with E-state index >= 15 is 0 Å². The first kappa shape index (κ1) is 26.8. The molecule has 0 atom stereocenters. The Kier molecular flexibility index (Phi) is 8.98. The number of nitriles is 1. The summed E-state index contributed by atoms with van der Waals surface area (Å²) in [6, 6.07) is 9.26. The van der Waals surface area contributed by atoms with Gasteiger partial charge < -0.3 is 13.9 Å². The highest BCUT2D eigenvalue weighted by molar-refractivity contribution is 6.09. The maximum absolute atomic E-state index is 13.2. The van der Waals surface area contributed by atoms with Gasteiger partial charge in [-0.1, -0.05) is 0 Å². The third kappa shape index (κ3) is 5.71. The van der Waals surface area contributed by atoms with Crippen molar-refractivity contribution in [2.75, 3.05) is 45.9 Å². The van der Waals surface area contributed by atoms with Crippen LogP contribution < -0.4 is 9.47 Å². The molecule has 2 aliphatic heterocycles. The van der Waals surface area contributed by atoms with E-state index in [4.69, 9.17) is 19.2 Å². The largest absolute Gasteiger partial charge is 0.486 e. The number of hydrogen-bond acceptors (Lipinski definition) is 8. The fourth-order valence-corrected chi connectivity index (χ4v) is 4.39. The number of ether oxygens (including phenoxy) is 2. The van der Waals surface area contributed by atoms with E-state index in [9.17, 15) is 4.79 Å². The van der Waals surface area contributed by atoms with E-state index in [2.05, 4.69) is 20.9 Å². The molecule has 1 aromatic carbocycles. The van der Waals surface area contributed by atoms with Gasteiger partial charge in [-0.25, -0.2) is 0 Å². The van der Waals surface area contributed by atoms with Crippen LogP contribution in [0.5, 0.6) is 11.5 Å². The van der Waals surface area contributed by atoms with Crippen LogP contribution in [0.4, 0.5) is 0 Å². The van der Waals surface area contributed by atoms with E-state index in [0.717, 1.165) is 55.9 Å². The number of pyridine rings is 1. The minimum absolute atomic E-state index is 0. The van der Waals surface area contributed by atoms with E-state index in [-0.39, 0.29) is 30.6 Å². The lowest BCUT2D eigenvalue weighted by Gasteiger charge is -2.34. The van der Waals surface area contributed by atoms with Crippen molar-refractivity contribution >= 4 is 41.6 Å². The first-order valence-corrected chi connectivity index (χ1v) is 11.3. The summed E-state index contributed by atoms with van der Waals surface area (Å²) in [6.45, 7) is 8.20. The van der Waals surface area contributed by atoms with Crippen molar-refractivity contribution in [3.63, 3.8) is 0 Å². The summed E-state index contributed by atoms with van der Waals surface area (Å²) in [5.74, 6) is 1.33. The maximum atomic E-state index is 13.2. The Hall–Kier alpha value is -2.83. The fourth-order valence-electron chi connectivity index (χ4n) is 4.39. The summed E-state index contributed by atoms with van der Waals surface area (Å²) in [4.78, 5) is 22.4. The summed E-state index contributed by atoms with van der Waals surface area (Å²) in [5, 5.41) is 9.72. The van der Waals surface area contributed by atoms with Gasteiger partial charge >= 0.3 is 0 Å². The first-order chi connectivity index (χ1) is 16.1. The smallest absolute Gasteiger partial charge is 0.228 e. The monoisotopic (exact) mass is 518 g/mol. The number of hydrogen-bond donors (Lipinski definition) is 0. The summed E-state index contributed by atoms with van der Waals surface area (Å²) in [7, 11) is 0. The van der Waals surface area contributed by atoms with Gasteiger partial charge in [-0.3, -0.25) is 19.6 Å². The summed E-state index contributed by atoms with van der Waals surface area (Å²) >= 11 is 0. The second-order valence-corrected chi connectivity index (χ2v) is 8.44. The molecule has 0 N–H and O–H groups in total. The molecule has 2 aliphatic rings. The van der Waals surface area contributed by atoms with Gasteiger partial charge in [-0.15, -0.1) is 24.8 Å². The van der Waals surface area contributed by atoms with Crippen LogP contribution in [-0.4, -0.2) is 66.5 Å². The van der Waals surface area contributed by atoms with E-state index < -0.39 is 0 Å². The number of ketones is 1. The van der Waals surface area contributed by atoms with Crippen LogP contribution in [-0.2, 0) is 6.54 Å². The Labute approximate surface area is 216 Å². The molecule has 0 unspecified atom stereocenters. The van der Waals surface area contributed by atoms with Crippen molar-refractivity contribution in [2.24, 2.45) is 0 Å². The Morgan fingerprint density at radius 1 is 1.06 bits per heavy atom. The summed E-state index contributed by atoms with van der Waals surface area (Å²) in [6.07, 6.45) is 2.45. The Morgan fingerprint density at radius 2 is 1.77 bits per heavy atom. The quantitative estimate of drug-likeness (QED) is 0.452. The van der Waals surface area contributed by atoms with Gasteiger partial charge in [0.2, 0.25) is 5.78 Å². The van der Waals surface area contributed by atoms with Gasteiger partial charge in [0, 0.05) is 62.8 Å². The van der Waals surface area contributed by atoms with Crippen LogP contribution in [0.15, 0.2) is 34.9 Å². The molecule has 8 nitrogen and oxygen atoms in total. The van der Waals surface area contributed by atoms with Gasteiger partial charge in [0.1, 0.15) is 13.2 Å². The molecule has 0 spiro atoms. The minimum atomic E-state index is -0.195. The standard InChI is InChI=1S/C25H26N4O4.2ClH/c1-17-25-20(19(15-27-17)16-29-9-7-28(8-10-29)6-2-5-26)14-23(33-25)24(30)18-3-4-21-22(13-18)32-12-11-31-21;;/h3-4,13-15H,2,6-12,16H2,1H3;2*1H. The molecular weight excluding hydrogens is 491 g/mol. The van der Waals surface area contributed by atoms with Crippen molar-refractivity contribution in [1.29, 1.82) is 5.26 Å². The molecule has 1 fully saturated rings. The zero-order chi connectivity index (χ0) is 22.8. The number of furan rings is 1. The summed E-state index contributed by atoms with van der Waals surface area (Å²) < 4.78 is 17.2. The number of halogens is 2. The summed E-state index contributed by atoms with van der Waals surface area (Å²) in [5.41, 5.74) is 2.96. The molecule has 3 aromatic rings. The second-order valence-electron chi connectivity index (χ2n) is 8.44. The number of benzene rings is 1. The lowest BCUT2D eigenvalue weighted by molar-refractivity contribution is 0.101. The van der Waals surface area contributed by atoms with Crippen molar-refractivity contribution in [1.82, 2.24) is 14.8 Å².